The summed E-state index contributed by atoms with van der Waals surface area (Å²) in [6.07, 6.45) is 3.67. The van der Waals surface area contributed by atoms with Gasteiger partial charge in [-0.05, 0) is 12.1 Å². The first-order valence-electron chi connectivity index (χ1n) is 5.08. The van der Waals surface area contributed by atoms with Crippen molar-refractivity contribution < 1.29 is 0 Å². The number of allylic oxidation sites excluding steroid dienone is 1. The van der Waals surface area contributed by atoms with Crippen molar-refractivity contribution in [3.8, 4) is 0 Å². The number of nitrogens with zero attached hydrogens (tertiary/aromatic N) is 1. The molecule has 0 unspecified atom stereocenters. The van der Waals surface area contributed by atoms with E-state index < -0.39 is 0 Å². The molecular weight excluding hydrogens is 234 g/mol. The molecule has 2 aromatic rings. The van der Waals surface area contributed by atoms with Crippen molar-refractivity contribution in [1.29, 1.82) is 0 Å². The zero-order chi connectivity index (χ0) is 11.8. The summed E-state index contributed by atoms with van der Waals surface area (Å²) in [6.45, 7) is 0. The molecule has 0 spiro atoms. The van der Waals surface area contributed by atoms with E-state index in [0.717, 1.165) is 33.0 Å². The summed E-state index contributed by atoms with van der Waals surface area (Å²) in [5.41, 5.74) is 8.69. The van der Waals surface area contributed by atoms with Crippen LogP contribution in [0.2, 0.25) is 0 Å². The fourth-order valence-corrected chi connectivity index (χ4v) is 2.46. The fourth-order valence-electron chi connectivity index (χ4n) is 1.75. The van der Waals surface area contributed by atoms with Crippen LogP contribution >= 0.6 is 11.3 Å². The molecule has 84 valence electrons. The van der Waals surface area contributed by atoms with Gasteiger partial charge in [0.1, 0.15) is 5.82 Å². The van der Waals surface area contributed by atoms with Crippen LogP contribution in [0.25, 0.3) is 11.6 Å². The molecule has 3 N–H and O–H groups in total. The lowest BCUT2D eigenvalue weighted by Crippen LogP contribution is -1.94. The smallest absolute Gasteiger partial charge is 0.306 e. The number of nitrogen functional groups attached to an aromatic ring is 1. The highest BCUT2D eigenvalue weighted by Crippen LogP contribution is 2.32. The number of nitrogens with two attached hydrogens (primary N) is 1. The van der Waals surface area contributed by atoms with Crippen LogP contribution in [0.15, 0.2) is 34.1 Å². The van der Waals surface area contributed by atoms with E-state index in [1.54, 1.807) is 6.21 Å². The molecule has 1 aliphatic heterocycles. The second-order valence-corrected chi connectivity index (χ2v) is 4.68. The molecule has 0 amide bonds. The maximum Gasteiger partial charge on any atom is 0.306 e. The molecule has 5 heteroatoms. The van der Waals surface area contributed by atoms with Gasteiger partial charge < -0.3 is 5.73 Å². The second kappa shape index (κ2) is 3.71. The van der Waals surface area contributed by atoms with E-state index in [1.165, 1.54) is 0 Å². The van der Waals surface area contributed by atoms with Crippen LogP contribution in [-0.2, 0) is 0 Å². The average molecular weight is 243 g/mol. The van der Waals surface area contributed by atoms with Crippen molar-refractivity contribution in [3.63, 3.8) is 0 Å². The van der Waals surface area contributed by atoms with Gasteiger partial charge in [0.2, 0.25) is 0 Å². The maximum atomic E-state index is 11.2. The van der Waals surface area contributed by atoms with Crippen molar-refractivity contribution in [1.82, 2.24) is 4.98 Å². The molecule has 1 aliphatic rings. The molecule has 0 atom stereocenters. The number of hydrogen-bond acceptors (Lipinski definition) is 4. The number of thiazole rings is 1. The number of rotatable bonds is 1. The summed E-state index contributed by atoms with van der Waals surface area (Å²) in [4.78, 5) is 18.6. The van der Waals surface area contributed by atoms with Crippen molar-refractivity contribution in [2.75, 3.05) is 5.73 Å². The SMILES string of the molecule is Nc1[nH]c(=O)sc1C=C1C=Nc2ccccc21. The lowest BCUT2D eigenvalue weighted by molar-refractivity contribution is 1.35. The minimum atomic E-state index is -0.141. The van der Waals surface area contributed by atoms with Crippen LogP contribution in [0.1, 0.15) is 10.4 Å². The zero-order valence-electron chi connectivity index (χ0n) is 8.81. The maximum absolute atomic E-state index is 11.2. The van der Waals surface area contributed by atoms with E-state index in [-0.39, 0.29) is 4.87 Å². The number of hydrogen-bond donors (Lipinski definition) is 2. The van der Waals surface area contributed by atoms with Crippen molar-refractivity contribution in [2.24, 2.45) is 4.99 Å². The normalized spacial score (nSPS) is 15.4. The van der Waals surface area contributed by atoms with Gasteiger partial charge in [0.05, 0.1) is 10.6 Å². The molecule has 0 aliphatic carbocycles. The molecule has 1 aromatic carbocycles. The number of para-hydroxylation sites is 1. The van der Waals surface area contributed by atoms with Crippen LogP contribution in [0, 0.1) is 0 Å². The van der Waals surface area contributed by atoms with Gasteiger partial charge in [0, 0.05) is 17.4 Å². The minimum absolute atomic E-state index is 0.141. The number of benzene rings is 1. The lowest BCUT2D eigenvalue weighted by atomic mass is 10.1. The quantitative estimate of drug-likeness (QED) is 0.806. The van der Waals surface area contributed by atoms with Crippen molar-refractivity contribution in [2.45, 2.75) is 0 Å². The Bertz CT molecular complexity index is 694. The molecule has 2 heterocycles. The Balaban J connectivity index is 2.11. The molecule has 3 rings (SSSR count). The lowest BCUT2D eigenvalue weighted by Gasteiger charge is -1.97. The van der Waals surface area contributed by atoms with Gasteiger partial charge in [-0.15, -0.1) is 0 Å². The summed E-state index contributed by atoms with van der Waals surface area (Å²) in [5.74, 6) is 0.408. The third-order valence-corrected chi connectivity index (χ3v) is 3.39. The van der Waals surface area contributed by atoms with Gasteiger partial charge >= 0.3 is 4.87 Å². The van der Waals surface area contributed by atoms with Gasteiger partial charge in [-0.1, -0.05) is 29.5 Å². The largest absolute Gasteiger partial charge is 0.384 e. The molecule has 0 saturated carbocycles. The number of H-pyrrole nitrogens is 1. The summed E-state index contributed by atoms with van der Waals surface area (Å²) in [7, 11) is 0. The van der Waals surface area contributed by atoms with Crippen LogP contribution in [0.3, 0.4) is 0 Å². The predicted molar refractivity (Wildman–Crippen MR) is 71.8 cm³/mol. The number of fused-ring (bicyclic) bond motifs is 1. The van der Waals surface area contributed by atoms with E-state index in [0.29, 0.717) is 5.82 Å². The van der Waals surface area contributed by atoms with E-state index in [4.69, 9.17) is 5.73 Å². The Hall–Kier alpha value is -2.14. The Morgan fingerprint density at radius 3 is 2.94 bits per heavy atom. The molecule has 0 fully saturated rings. The predicted octanol–water partition coefficient (Wildman–Crippen LogP) is 2.28. The van der Waals surface area contributed by atoms with E-state index in [9.17, 15) is 4.79 Å². The van der Waals surface area contributed by atoms with Gasteiger partial charge in [0.15, 0.2) is 0 Å². The Morgan fingerprint density at radius 2 is 2.18 bits per heavy atom. The zero-order valence-corrected chi connectivity index (χ0v) is 9.62. The molecule has 0 bridgehead atoms. The number of anilines is 1. The standard InChI is InChI=1S/C12H9N3OS/c13-11-10(17-12(16)15-11)5-7-6-14-9-4-2-1-3-8(7)9/h1-6H,13H2,(H,15,16). The summed E-state index contributed by atoms with van der Waals surface area (Å²) >= 11 is 1.10. The first-order valence-corrected chi connectivity index (χ1v) is 5.89. The van der Waals surface area contributed by atoms with E-state index in [2.05, 4.69) is 9.98 Å². The number of nitrogens with one attached hydrogen (secondary N) is 1. The Labute approximate surface area is 101 Å². The van der Waals surface area contributed by atoms with Gasteiger partial charge in [-0.3, -0.25) is 14.8 Å². The topological polar surface area (TPSA) is 71.2 Å². The van der Waals surface area contributed by atoms with Gasteiger partial charge in [0.25, 0.3) is 0 Å². The summed E-state index contributed by atoms with van der Waals surface area (Å²) < 4.78 is 0. The first kappa shape index (κ1) is 10.0. The minimum Gasteiger partial charge on any atom is -0.384 e. The van der Waals surface area contributed by atoms with E-state index >= 15 is 0 Å². The number of aromatic nitrogens is 1. The van der Waals surface area contributed by atoms with E-state index in [1.807, 2.05) is 30.3 Å². The average Bonchev–Trinajstić information content (AvgIpc) is 2.85. The second-order valence-electron chi connectivity index (χ2n) is 3.67. The monoisotopic (exact) mass is 243 g/mol. The Morgan fingerprint density at radius 1 is 1.35 bits per heavy atom. The van der Waals surface area contributed by atoms with Gasteiger partial charge in [-0.25, -0.2) is 0 Å². The molecule has 1 aromatic heterocycles. The first-order chi connectivity index (χ1) is 8.24. The molecular formula is C12H9N3OS. The van der Waals surface area contributed by atoms with Gasteiger partial charge in [-0.2, -0.15) is 0 Å². The van der Waals surface area contributed by atoms with Crippen molar-refractivity contribution >= 4 is 40.7 Å². The number of aliphatic imine (C=N–C) groups is 1. The molecule has 0 radical (unpaired) electrons. The van der Waals surface area contributed by atoms with Crippen LogP contribution in [-0.4, -0.2) is 11.2 Å². The highest BCUT2D eigenvalue weighted by atomic mass is 32.1. The highest BCUT2D eigenvalue weighted by molar-refractivity contribution is 7.10. The number of aromatic amines is 1. The third kappa shape index (κ3) is 1.70. The van der Waals surface area contributed by atoms with Crippen LogP contribution < -0.4 is 10.6 Å². The molecule has 0 saturated heterocycles. The molecule has 4 nitrogen and oxygen atoms in total. The summed E-state index contributed by atoms with van der Waals surface area (Å²) in [5, 5.41) is 0. The Kier molecular flexibility index (Phi) is 2.19. The molecule has 17 heavy (non-hydrogen) atoms. The third-order valence-electron chi connectivity index (χ3n) is 2.55. The van der Waals surface area contributed by atoms with Crippen LogP contribution in [0.4, 0.5) is 11.5 Å². The fraction of sp³-hybridized carbons (Fsp3) is 0. The van der Waals surface area contributed by atoms with Crippen molar-refractivity contribution in [3.05, 3.63) is 44.4 Å². The highest BCUT2D eigenvalue weighted by Gasteiger charge is 2.12. The summed E-state index contributed by atoms with van der Waals surface area (Å²) in [6, 6.07) is 7.86. The van der Waals surface area contributed by atoms with Crippen LogP contribution in [0.5, 0.6) is 0 Å².